The minimum Gasteiger partial charge on any atom is -0.348 e. The summed E-state index contributed by atoms with van der Waals surface area (Å²) in [7, 11) is 0. The maximum Gasteiger partial charge on any atom is 0.318 e. The standard InChI is InChI=1S/C17H21N3O/c1-13-5-7-15(8-6-13)12-18-17(21)20-11-10-19-9-3-4-16(19)14(20)2/h3-9,14H,10-12H2,1-2H3,(H,18,21)/t14-/m1/s1. The highest BCUT2D eigenvalue weighted by atomic mass is 16.2. The number of nitrogens with zero attached hydrogens (tertiary/aromatic N) is 2. The van der Waals surface area contributed by atoms with E-state index in [-0.39, 0.29) is 12.1 Å². The molecule has 1 N–H and O–H groups in total. The fourth-order valence-corrected chi connectivity index (χ4v) is 2.84. The highest BCUT2D eigenvalue weighted by Gasteiger charge is 2.26. The van der Waals surface area contributed by atoms with Crippen LogP contribution in [0.4, 0.5) is 4.79 Å². The Bertz CT molecular complexity index is 630. The monoisotopic (exact) mass is 283 g/mol. The first-order valence-corrected chi connectivity index (χ1v) is 7.40. The summed E-state index contributed by atoms with van der Waals surface area (Å²) in [5, 5.41) is 3.02. The number of aryl methyl sites for hydroxylation is 1. The van der Waals surface area contributed by atoms with Crippen LogP contribution in [0.2, 0.25) is 0 Å². The van der Waals surface area contributed by atoms with Crippen molar-refractivity contribution in [2.24, 2.45) is 0 Å². The van der Waals surface area contributed by atoms with E-state index in [1.165, 1.54) is 11.3 Å². The maximum absolute atomic E-state index is 12.4. The molecule has 2 heterocycles. The van der Waals surface area contributed by atoms with E-state index in [1.54, 1.807) is 0 Å². The summed E-state index contributed by atoms with van der Waals surface area (Å²) in [6, 6.07) is 12.5. The molecule has 1 aromatic carbocycles. The molecule has 1 aliphatic rings. The van der Waals surface area contributed by atoms with Crippen molar-refractivity contribution in [2.45, 2.75) is 33.0 Å². The van der Waals surface area contributed by atoms with Crippen LogP contribution >= 0.6 is 0 Å². The SMILES string of the molecule is Cc1ccc(CNC(=O)N2CCn3cccc3[C@H]2C)cc1. The van der Waals surface area contributed by atoms with Crippen LogP contribution in [0.3, 0.4) is 0 Å². The lowest BCUT2D eigenvalue weighted by Gasteiger charge is -2.34. The summed E-state index contributed by atoms with van der Waals surface area (Å²) < 4.78 is 2.22. The van der Waals surface area contributed by atoms with E-state index in [2.05, 4.69) is 60.3 Å². The van der Waals surface area contributed by atoms with Gasteiger partial charge in [0.05, 0.1) is 6.04 Å². The largest absolute Gasteiger partial charge is 0.348 e. The van der Waals surface area contributed by atoms with E-state index in [0.717, 1.165) is 18.7 Å². The number of urea groups is 1. The van der Waals surface area contributed by atoms with Gasteiger partial charge < -0.3 is 14.8 Å². The minimum atomic E-state index is 0.00975. The number of carbonyl (C=O) groups is 1. The van der Waals surface area contributed by atoms with Gasteiger partial charge in [0.2, 0.25) is 0 Å². The van der Waals surface area contributed by atoms with E-state index in [4.69, 9.17) is 0 Å². The second kappa shape index (κ2) is 5.64. The van der Waals surface area contributed by atoms with Crippen molar-refractivity contribution in [3.05, 3.63) is 59.4 Å². The molecule has 0 saturated carbocycles. The second-order valence-corrected chi connectivity index (χ2v) is 5.64. The summed E-state index contributed by atoms with van der Waals surface area (Å²) in [5.74, 6) is 0. The van der Waals surface area contributed by atoms with Gasteiger partial charge in [-0.1, -0.05) is 29.8 Å². The number of fused-ring (bicyclic) bond motifs is 1. The van der Waals surface area contributed by atoms with Crippen molar-refractivity contribution >= 4 is 6.03 Å². The van der Waals surface area contributed by atoms with Crippen LogP contribution in [0, 0.1) is 6.92 Å². The van der Waals surface area contributed by atoms with E-state index in [9.17, 15) is 4.79 Å². The quantitative estimate of drug-likeness (QED) is 0.903. The Morgan fingerprint density at radius 2 is 2.00 bits per heavy atom. The lowest BCUT2D eigenvalue weighted by atomic mass is 10.1. The van der Waals surface area contributed by atoms with Gasteiger partial charge in [0.25, 0.3) is 0 Å². The van der Waals surface area contributed by atoms with Gasteiger partial charge >= 0.3 is 6.03 Å². The first-order chi connectivity index (χ1) is 10.1. The molecule has 1 atom stereocenters. The number of hydrogen-bond acceptors (Lipinski definition) is 1. The fraction of sp³-hybridized carbons (Fsp3) is 0.353. The van der Waals surface area contributed by atoms with Gasteiger partial charge in [0.15, 0.2) is 0 Å². The third-order valence-electron chi connectivity index (χ3n) is 4.17. The van der Waals surface area contributed by atoms with Crippen molar-refractivity contribution in [2.75, 3.05) is 6.54 Å². The fourth-order valence-electron chi connectivity index (χ4n) is 2.84. The van der Waals surface area contributed by atoms with Crippen molar-refractivity contribution in [1.82, 2.24) is 14.8 Å². The van der Waals surface area contributed by atoms with Crippen molar-refractivity contribution in [1.29, 1.82) is 0 Å². The predicted octanol–water partition coefficient (Wildman–Crippen LogP) is 3.08. The normalized spacial score (nSPS) is 17.4. The minimum absolute atomic E-state index is 0.00975. The van der Waals surface area contributed by atoms with E-state index >= 15 is 0 Å². The van der Waals surface area contributed by atoms with E-state index < -0.39 is 0 Å². The van der Waals surface area contributed by atoms with Crippen LogP contribution in [0.5, 0.6) is 0 Å². The van der Waals surface area contributed by atoms with Gasteiger partial charge in [-0.15, -0.1) is 0 Å². The molecular weight excluding hydrogens is 262 g/mol. The predicted molar refractivity (Wildman–Crippen MR) is 83.0 cm³/mol. The number of amides is 2. The van der Waals surface area contributed by atoms with Crippen LogP contribution < -0.4 is 5.32 Å². The molecule has 110 valence electrons. The Morgan fingerprint density at radius 3 is 2.76 bits per heavy atom. The molecule has 2 amide bonds. The molecule has 4 nitrogen and oxygen atoms in total. The van der Waals surface area contributed by atoms with E-state index in [0.29, 0.717) is 6.54 Å². The number of rotatable bonds is 2. The lowest BCUT2D eigenvalue weighted by molar-refractivity contribution is 0.162. The molecule has 0 spiro atoms. The van der Waals surface area contributed by atoms with Crippen LogP contribution in [0.1, 0.15) is 29.8 Å². The average Bonchev–Trinajstić information content (AvgIpc) is 2.96. The molecule has 0 unspecified atom stereocenters. The number of nitrogens with one attached hydrogen (secondary N) is 1. The third kappa shape index (κ3) is 2.79. The highest BCUT2D eigenvalue weighted by Crippen LogP contribution is 2.25. The molecule has 0 bridgehead atoms. The topological polar surface area (TPSA) is 37.3 Å². The van der Waals surface area contributed by atoms with Gasteiger partial charge in [0, 0.05) is 31.5 Å². The lowest BCUT2D eigenvalue weighted by Crippen LogP contribution is -2.45. The molecule has 3 rings (SSSR count). The van der Waals surface area contributed by atoms with E-state index in [1.807, 2.05) is 11.0 Å². The summed E-state index contributed by atoms with van der Waals surface area (Å²) in [6.45, 7) is 6.33. The summed E-state index contributed by atoms with van der Waals surface area (Å²) >= 11 is 0. The molecule has 4 heteroatoms. The number of carbonyl (C=O) groups excluding carboxylic acids is 1. The summed E-state index contributed by atoms with van der Waals surface area (Å²) in [5.41, 5.74) is 3.56. The Morgan fingerprint density at radius 1 is 1.24 bits per heavy atom. The molecule has 2 aromatic rings. The molecule has 0 saturated heterocycles. The Kier molecular flexibility index (Phi) is 3.69. The zero-order valence-corrected chi connectivity index (χ0v) is 12.5. The first-order valence-electron chi connectivity index (χ1n) is 7.40. The smallest absolute Gasteiger partial charge is 0.318 e. The Balaban J connectivity index is 1.62. The molecular formula is C17H21N3O. The first kappa shape index (κ1) is 13.7. The molecule has 1 aliphatic heterocycles. The highest BCUT2D eigenvalue weighted by molar-refractivity contribution is 5.74. The van der Waals surface area contributed by atoms with Crippen molar-refractivity contribution in [3.63, 3.8) is 0 Å². The van der Waals surface area contributed by atoms with Crippen LogP contribution in [-0.4, -0.2) is 22.0 Å². The van der Waals surface area contributed by atoms with Crippen LogP contribution in [0.25, 0.3) is 0 Å². The van der Waals surface area contributed by atoms with Crippen LogP contribution in [-0.2, 0) is 13.1 Å². The van der Waals surface area contributed by atoms with Crippen LogP contribution in [0.15, 0.2) is 42.6 Å². The average molecular weight is 283 g/mol. The Labute approximate surface area is 125 Å². The van der Waals surface area contributed by atoms with Crippen molar-refractivity contribution < 1.29 is 4.79 Å². The number of aromatic nitrogens is 1. The summed E-state index contributed by atoms with van der Waals surface area (Å²) in [4.78, 5) is 14.3. The van der Waals surface area contributed by atoms with Gasteiger partial charge in [-0.25, -0.2) is 4.79 Å². The maximum atomic E-state index is 12.4. The molecule has 0 fully saturated rings. The third-order valence-corrected chi connectivity index (χ3v) is 4.17. The zero-order chi connectivity index (χ0) is 14.8. The summed E-state index contributed by atoms with van der Waals surface area (Å²) in [6.07, 6.45) is 2.08. The number of hydrogen-bond donors (Lipinski definition) is 1. The second-order valence-electron chi connectivity index (χ2n) is 5.64. The zero-order valence-electron chi connectivity index (χ0n) is 12.5. The van der Waals surface area contributed by atoms with Gasteiger partial charge in [0.1, 0.15) is 0 Å². The molecule has 21 heavy (non-hydrogen) atoms. The number of benzene rings is 1. The Hall–Kier alpha value is -2.23. The molecule has 1 aromatic heterocycles. The van der Waals surface area contributed by atoms with Crippen molar-refractivity contribution in [3.8, 4) is 0 Å². The van der Waals surface area contributed by atoms with Gasteiger partial charge in [-0.3, -0.25) is 0 Å². The van der Waals surface area contributed by atoms with Gasteiger partial charge in [-0.2, -0.15) is 0 Å². The van der Waals surface area contributed by atoms with Gasteiger partial charge in [-0.05, 0) is 31.5 Å². The molecule has 0 aliphatic carbocycles. The molecule has 0 radical (unpaired) electrons.